The standard InChI is InChI=1S/C13H20N4O2/c1-10(6-14)8-17-13(18)5-11(7-15-17)16-4-3-12(9-16)19-2/h5,7,12H,1,3-4,6,8-9,14H2,2H3. The zero-order valence-electron chi connectivity index (χ0n) is 11.2. The fourth-order valence-corrected chi connectivity index (χ4v) is 2.15. The molecule has 0 aromatic carbocycles. The average Bonchev–Trinajstić information content (AvgIpc) is 2.89. The van der Waals surface area contributed by atoms with E-state index in [2.05, 4.69) is 16.6 Å². The summed E-state index contributed by atoms with van der Waals surface area (Å²) in [5.74, 6) is 0. The number of nitrogens with two attached hydrogens (primary N) is 1. The second-order valence-corrected chi connectivity index (χ2v) is 4.76. The molecular weight excluding hydrogens is 244 g/mol. The SMILES string of the molecule is C=C(CN)Cn1ncc(N2CCC(OC)C2)cc1=O. The molecule has 6 heteroatoms. The van der Waals surface area contributed by atoms with Crippen LogP contribution in [-0.4, -0.2) is 42.6 Å². The molecule has 1 aromatic heterocycles. The van der Waals surface area contributed by atoms with Crippen LogP contribution in [-0.2, 0) is 11.3 Å². The third kappa shape index (κ3) is 3.21. The smallest absolute Gasteiger partial charge is 0.269 e. The van der Waals surface area contributed by atoms with E-state index in [1.807, 2.05) is 0 Å². The van der Waals surface area contributed by atoms with Crippen LogP contribution >= 0.6 is 0 Å². The Morgan fingerprint density at radius 2 is 2.47 bits per heavy atom. The molecule has 19 heavy (non-hydrogen) atoms. The van der Waals surface area contributed by atoms with Gasteiger partial charge in [0.1, 0.15) is 0 Å². The average molecular weight is 264 g/mol. The van der Waals surface area contributed by atoms with Crippen LogP contribution in [0.1, 0.15) is 6.42 Å². The lowest BCUT2D eigenvalue weighted by Gasteiger charge is -2.18. The number of hydrogen-bond acceptors (Lipinski definition) is 5. The second kappa shape index (κ2) is 5.99. The topological polar surface area (TPSA) is 73.4 Å². The van der Waals surface area contributed by atoms with Gasteiger partial charge in [-0.25, -0.2) is 4.68 Å². The number of nitrogens with zero attached hydrogens (tertiary/aromatic N) is 3. The summed E-state index contributed by atoms with van der Waals surface area (Å²) in [5, 5.41) is 4.17. The molecule has 1 atom stereocenters. The molecule has 1 aromatic rings. The molecule has 1 fully saturated rings. The van der Waals surface area contributed by atoms with E-state index < -0.39 is 0 Å². The summed E-state index contributed by atoms with van der Waals surface area (Å²) < 4.78 is 6.69. The zero-order valence-corrected chi connectivity index (χ0v) is 11.2. The van der Waals surface area contributed by atoms with Gasteiger partial charge in [0.2, 0.25) is 0 Å². The van der Waals surface area contributed by atoms with Gasteiger partial charge in [-0.3, -0.25) is 4.79 Å². The largest absolute Gasteiger partial charge is 0.380 e. The Bertz CT molecular complexity index is 512. The third-order valence-electron chi connectivity index (χ3n) is 3.36. The quantitative estimate of drug-likeness (QED) is 0.757. The minimum absolute atomic E-state index is 0.132. The Balaban J connectivity index is 2.11. The van der Waals surface area contributed by atoms with Crippen LogP contribution in [0.15, 0.2) is 29.2 Å². The van der Waals surface area contributed by atoms with Crippen molar-refractivity contribution in [3.05, 3.63) is 34.8 Å². The van der Waals surface area contributed by atoms with Gasteiger partial charge in [0.05, 0.1) is 24.5 Å². The van der Waals surface area contributed by atoms with Crippen molar-refractivity contribution in [3.63, 3.8) is 0 Å². The Kier molecular flexibility index (Phi) is 4.34. The number of methoxy groups -OCH3 is 1. The van der Waals surface area contributed by atoms with Gasteiger partial charge in [-0.15, -0.1) is 0 Å². The summed E-state index contributed by atoms with van der Waals surface area (Å²) in [4.78, 5) is 14.1. The highest BCUT2D eigenvalue weighted by atomic mass is 16.5. The molecule has 0 radical (unpaired) electrons. The molecule has 2 N–H and O–H groups in total. The lowest BCUT2D eigenvalue weighted by molar-refractivity contribution is 0.121. The van der Waals surface area contributed by atoms with Crippen molar-refractivity contribution in [2.24, 2.45) is 5.73 Å². The van der Waals surface area contributed by atoms with Gasteiger partial charge in [-0.1, -0.05) is 6.58 Å². The Labute approximate surface area is 112 Å². The Morgan fingerprint density at radius 1 is 1.68 bits per heavy atom. The zero-order chi connectivity index (χ0) is 13.8. The Morgan fingerprint density at radius 3 is 3.05 bits per heavy atom. The number of hydrogen-bond donors (Lipinski definition) is 1. The molecule has 0 bridgehead atoms. The molecule has 0 saturated carbocycles. The van der Waals surface area contributed by atoms with Gasteiger partial charge in [-0.05, 0) is 12.0 Å². The predicted molar refractivity (Wildman–Crippen MR) is 74.3 cm³/mol. The first kappa shape index (κ1) is 13.8. The van der Waals surface area contributed by atoms with Gasteiger partial charge < -0.3 is 15.4 Å². The number of rotatable bonds is 5. The van der Waals surface area contributed by atoms with Gasteiger partial charge >= 0.3 is 0 Å². The molecule has 1 unspecified atom stereocenters. The summed E-state index contributed by atoms with van der Waals surface area (Å²) >= 11 is 0. The van der Waals surface area contributed by atoms with E-state index in [0.29, 0.717) is 13.1 Å². The highest BCUT2D eigenvalue weighted by Gasteiger charge is 2.22. The monoisotopic (exact) mass is 264 g/mol. The van der Waals surface area contributed by atoms with Crippen LogP contribution in [0.4, 0.5) is 5.69 Å². The summed E-state index contributed by atoms with van der Waals surface area (Å²) in [6, 6.07) is 1.61. The maximum atomic E-state index is 12.0. The van der Waals surface area contributed by atoms with Gasteiger partial charge in [-0.2, -0.15) is 5.10 Å². The first-order chi connectivity index (χ1) is 9.13. The van der Waals surface area contributed by atoms with Gasteiger partial charge in [0.15, 0.2) is 0 Å². The molecule has 1 aliphatic heterocycles. The molecule has 1 aliphatic rings. The molecule has 0 amide bonds. The first-order valence-corrected chi connectivity index (χ1v) is 6.35. The predicted octanol–water partition coefficient (Wildman–Crippen LogP) is -0.0167. The molecule has 0 aliphatic carbocycles. The minimum Gasteiger partial charge on any atom is -0.380 e. The van der Waals surface area contributed by atoms with Crippen molar-refractivity contribution in [1.82, 2.24) is 9.78 Å². The van der Waals surface area contributed by atoms with E-state index in [9.17, 15) is 4.79 Å². The molecular formula is C13H20N4O2. The van der Waals surface area contributed by atoms with Crippen molar-refractivity contribution >= 4 is 5.69 Å². The molecule has 6 nitrogen and oxygen atoms in total. The van der Waals surface area contributed by atoms with Crippen molar-refractivity contribution in [1.29, 1.82) is 0 Å². The van der Waals surface area contributed by atoms with E-state index in [-0.39, 0.29) is 11.7 Å². The lowest BCUT2D eigenvalue weighted by atomic mass is 10.3. The molecule has 2 rings (SSSR count). The molecule has 1 saturated heterocycles. The maximum absolute atomic E-state index is 12.0. The highest BCUT2D eigenvalue weighted by molar-refractivity contribution is 5.44. The van der Waals surface area contributed by atoms with Crippen molar-refractivity contribution in [2.75, 3.05) is 31.6 Å². The van der Waals surface area contributed by atoms with Crippen LogP contribution < -0.4 is 16.2 Å². The highest BCUT2D eigenvalue weighted by Crippen LogP contribution is 2.19. The molecule has 104 valence electrons. The van der Waals surface area contributed by atoms with E-state index in [1.165, 1.54) is 4.68 Å². The Hall–Kier alpha value is -1.66. The first-order valence-electron chi connectivity index (χ1n) is 6.35. The van der Waals surface area contributed by atoms with Crippen molar-refractivity contribution in [2.45, 2.75) is 19.1 Å². The van der Waals surface area contributed by atoms with E-state index >= 15 is 0 Å². The maximum Gasteiger partial charge on any atom is 0.269 e. The van der Waals surface area contributed by atoms with E-state index in [4.69, 9.17) is 10.5 Å². The summed E-state index contributed by atoms with van der Waals surface area (Å²) in [6.45, 7) is 6.20. The van der Waals surface area contributed by atoms with Gasteiger partial charge in [0, 0.05) is 32.8 Å². The van der Waals surface area contributed by atoms with Gasteiger partial charge in [0.25, 0.3) is 5.56 Å². The second-order valence-electron chi connectivity index (χ2n) is 4.76. The summed E-state index contributed by atoms with van der Waals surface area (Å²) in [6.07, 6.45) is 2.92. The van der Waals surface area contributed by atoms with Crippen LogP contribution in [0.25, 0.3) is 0 Å². The minimum atomic E-state index is -0.132. The van der Waals surface area contributed by atoms with Crippen molar-refractivity contribution < 1.29 is 4.74 Å². The third-order valence-corrected chi connectivity index (χ3v) is 3.36. The number of anilines is 1. The van der Waals surface area contributed by atoms with Crippen LogP contribution in [0.3, 0.4) is 0 Å². The van der Waals surface area contributed by atoms with Crippen LogP contribution in [0, 0.1) is 0 Å². The molecule has 2 heterocycles. The lowest BCUT2D eigenvalue weighted by Crippen LogP contribution is -2.28. The summed E-state index contributed by atoms with van der Waals surface area (Å²) in [7, 11) is 1.71. The normalized spacial score (nSPS) is 18.8. The fourth-order valence-electron chi connectivity index (χ4n) is 2.15. The fraction of sp³-hybridized carbons (Fsp3) is 0.538. The van der Waals surface area contributed by atoms with Crippen LogP contribution in [0.2, 0.25) is 0 Å². The van der Waals surface area contributed by atoms with Crippen molar-refractivity contribution in [3.8, 4) is 0 Å². The van der Waals surface area contributed by atoms with E-state index in [0.717, 1.165) is 30.8 Å². The van der Waals surface area contributed by atoms with Crippen LogP contribution in [0.5, 0.6) is 0 Å². The van der Waals surface area contributed by atoms with E-state index in [1.54, 1.807) is 19.4 Å². The number of ether oxygens (including phenoxy) is 1. The number of aromatic nitrogens is 2. The summed E-state index contributed by atoms with van der Waals surface area (Å²) in [5.41, 5.74) is 6.96. The molecule has 0 spiro atoms.